The number of piperazine rings is 1. The number of carbonyl (C=O) groups is 2. The van der Waals surface area contributed by atoms with Crippen molar-refractivity contribution in [2.45, 2.75) is 18.7 Å². The summed E-state index contributed by atoms with van der Waals surface area (Å²) in [5.74, 6) is -0.00820. The number of fused-ring (bicyclic) bond motifs is 1. The van der Waals surface area contributed by atoms with Crippen molar-refractivity contribution in [1.82, 2.24) is 24.0 Å². The number of hydrogen-bond acceptors (Lipinski definition) is 8. The fraction of sp³-hybridized carbons (Fsp3) is 0.280. The van der Waals surface area contributed by atoms with Crippen molar-refractivity contribution < 1.29 is 22.7 Å². The molecular formula is C25H25ClN6O5S2. The number of amides is 2. The number of halogens is 1. The lowest BCUT2D eigenvalue weighted by Gasteiger charge is -2.33. The SMILES string of the molecule is CCOC(=O)N1CCN(S(=O)(=O)c2ccc(C(=O)Nc3cc(C)nn3-c3nc4c(Cl)cccc4s3)cc2)CC1. The van der Waals surface area contributed by atoms with Crippen LogP contribution < -0.4 is 5.32 Å². The molecule has 2 aromatic heterocycles. The maximum atomic E-state index is 13.1. The minimum absolute atomic E-state index is 0.0656. The highest BCUT2D eigenvalue weighted by Crippen LogP contribution is 2.31. The molecular weight excluding hydrogens is 564 g/mol. The Bertz CT molecular complexity index is 1640. The summed E-state index contributed by atoms with van der Waals surface area (Å²) in [6, 6.07) is 13.0. The van der Waals surface area contributed by atoms with Gasteiger partial charge in [0.1, 0.15) is 11.3 Å². The summed E-state index contributed by atoms with van der Waals surface area (Å²) in [5, 5.41) is 8.38. The summed E-state index contributed by atoms with van der Waals surface area (Å²) in [7, 11) is -3.79. The molecule has 1 fully saturated rings. The van der Waals surface area contributed by atoms with Crippen LogP contribution in [0.15, 0.2) is 53.4 Å². The number of thiazole rings is 1. The second kappa shape index (κ2) is 10.9. The van der Waals surface area contributed by atoms with E-state index < -0.39 is 22.0 Å². The van der Waals surface area contributed by atoms with Gasteiger partial charge in [-0.25, -0.2) is 18.2 Å². The Labute approximate surface area is 234 Å². The first-order chi connectivity index (χ1) is 18.7. The molecule has 39 heavy (non-hydrogen) atoms. The van der Waals surface area contributed by atoms with Crippen LogP contribution in [0.5, 0.6) is 0 Å². The molecule has 1 saturated heterocycles. The van der Waals surface area contributed by atoms with Crippen LogP contribution in [0.1, 0.15) is 23.0 Å². The van der Waals surface area contributed by atoms with Gasteiger partial charge < -0.3 is 15.0 Å². The Morgan fingerprint density at radius 2 is 1.82 bits per heavy atom. The van der Waals surface area contributed by atoms with Crippen LogP contribution >= 0.6 is 22.9 Å². The number of anilines is 1. The molecule has 4 aromatic rings. The van der Waals surface area contributed by atoms with Crippen molar-refractivity contribution in [3.8, 4) is 5.13 Å². The lowest BCUT2D eigenvalue weighted by Crippen LogP contribution is -2.50. The highest BCUT2D eigenvalue weighted by molar-refractivity contribution is 7.89. The molecule has 0 aliphatic carbocycles. The van der Waals surface area contributed by atoms with Crippen molar-refractivity contribution in [1.29, 1.82) is 0 Å². The van der Waals surface area contributed by atoms with Gasteiger partial charge in [-0.05, 0) is 50.2 Å². The van der Waals surface area contributed by atoms with E-state index in [9.17, 15) is 18.0 Å². The van der Waals surface area contributed by atoms with E-state index in [4.69, 9.17) is 16.3 Å². The highest BCUT2D eigenvalue weighted by Gasteiger charge is 2.30. The summed E-state index contributed by atoms with van der Waals surface area (Å²) in [6.07, 6.45) is -0.451. The number of hydrogen-bond donors (Lipinski definition) is 1. The number of rotatable bonds is 6. The Morgan fingerprint density at radius 3 is 2.49 bits per heavy atom. The molecule has 0 atom stereocenters. The first-order valence-electron chi connectivity index (χ1n) is 12.1. The van der Waals surface area contributed by atoms with Gasteiger partial charge in [-0.15, -0.1) is 0 Å². The van der Waals surface area contributed by atoms with Crippen LogP contribution in [0.2, 0.25) is 5.02 Å². The van der Waals surface area contributed by atoms with Gasteiger partial charge in [0.2, 0.25) is 15.2 Å². The third kappa shape index (κ3) is 5.48. The molecule has 14 heteroatoms. The molecule has 0 bridgehead atoms. The highest BCUT2D eigenvalue weighted by atomic mass is 35.5. The van der Waals surface area contributed by atoms with E-state index in [0.29, 0.717) is 27.2 Å². The number of nitrogens with zero attached hydrogens (tertiary/aromatic N) is 5. The molecule has 2 aromatic carbocycles. The zero-order valence-corrected chi connectivity index (χ0v) is 23.5. The van der Waals surface area contributed by atoms with Crippen molar-refractivity contribution >= 4 is 61.0 Å². The third-order valence-corrected chi connectivity index (χ3v) is 9.35. The van der Waals surface area contributed by atoms with Crippen molar-refractivity contribution in [3.05, 3.63) is 64.8 Å². The zero-order chi connectivity index (χ0) is 27.7. The Balaban J connectivity index is 1.29. The predicted molar refractivity (Wildman–Crippen MR) is 148 cm³/mol. The summed E-state index contributed by atoms with van der Waals surface area (Å²) < 4.78 is 35.0. The van der Waals surface area contributed by atoms with Crippen LogP contribution in [0.3, 0.4) is 0 Å². The molecule has 1 aliphatic heterocycles. The van der Waals surface area contributed by atoms with E-state index in [2.05, 4.69) is 15.4 Å². The van der Waals surface area contributed by atoms with E-state index >= 15 is 0 Å². The third-order valence-electron chi connectivity index (χ3n) is 6.13. The quantitative estimate of drug-likeness (QED) is 0.358. The number of nitrogens with one attached hydrogen (secondary N) is 1. The van der Waals surface area contributed by atoms with E-state index in [0.717, 1.165) is 4.70 Å². The maximum absolute atomic E-state index is 13.1. The molecule has 2 amide bonds. The number of benzene rings is 2. The average molecular weight is 589 g/mol. The average Bonchev–Trinajstić information content (AvgIpc) is 3.53. The smallest absolute Gasteiger partial charge is 0.409 e. The Kier molecular flexibility index (Phi) is 7.58. The minimum Gasteiger partial charge on any atom is -0.450 e. The number of carbonyl (C=O) groups excluding carboxylic acids is 2. The summed E-state index contributed by atoms with van der Waals surface area (Å²) in [6.45, 7) is 4.58. The molecule has 0 spiro atoms. The zero-order valence-electron chi connectivity index (χ0n) is 21.1. The van der Waals surface area contributed by atoms with Crippen LogP contribution in [0, 0.1) is 6.92 Å². The van der Waals surface area contributed by atoms with Crippen LogP contribution in [0.25, 0.3) is 15.3 Å². The van der Waals surface area contributed by atoms with Crippen LogP contribution in [-0.4, -0.2) is 77.2 Å². The number of ether oxygens (including phenoxy) is 1. The van der Waals surface area contributed by atoms with E-state index in [-0.39, 0.29) is 43.2 Å². The summed E-state index contributed by atoms with van der Waals surface area (Å²) in [5.41, 5.74) is 1.61. The lowest BCUT2D eigenvalue weighted by atomic mass is 10.2. The summed E-state index contributed by atoms with van der Waals surface area (Å²) >= 11 is 7.66. The number of para-hydroxylation sites is 1. The van der Waals surface area contributed by atoms with Crippen molar-refractivity contribution in [3.63, 3.8) is 0 Å². The van der Waals surface area contributed by atoms with Crippen LogP contribution in [-0.2, 0) is 14.8 Å². The maximum Gasteiger partial charge on any atom is 0.409 e. The monoisotopic (exact) mass is 588 g/mol. The fourth-order valence-corrected chi connectivity index (χ4v) is 6.82. The molecule has 5 rings (SSSR count). The molecule has 0 unspecified atom stereocenters. The number of aromatic nitrogens is 3. The second-order valence-electron chi connectivity index (χ2n) is 8.73. The molecule has 3 heterocycles. The van der Waals surface area contributed by atoms with E-state index in [1.54, 1.807) is 30.7 Å². The molecule has 0 saturated carbocycles. The first-order valence-corrected chi connectivity index (χ1v) is 14.8. The van der Waals surface area contributed by atoms with Crippen molar-refractivity contribution in [2.24, 2.45) is 0 Å². The van der Waals surface area contributed by atoms with Gasteiger partial charge in [0.05, 0.1) is 26.9 Å². The number of aryl methyl sites for hydroxylation is 1. The molecule has 204 valence electrons. The van der Waals surface area contributed by atoms with Gasteiger partial charge >= 0.3 is 6.09 Å². The standard InChI is InChI=1S/C25H25ClN6O5S2/c1-3-37-25(34)30-11-13-31(14-12-30)39(35,36)18-9-7-17(8-10-18)23(33)27-21-15-16(2)29-32(21)24-28-22-19(26)5-4-6-20(22)38-24/h4-10,15H,3,11-14H2,1-2H3,(H,27,33). The van der Waals surface area contributed by atoms with Crippen LogP contribution in [0.4, 0.5) is 10.6 Å². The molecule has 1 aliphatic rings. The molecule has 0 radical (unpaired) electrons. The molecule has 1 N–H and O–H groups in total. The van der Waals surface area contributed by atoms with Gasteiger partial charge in [0, 0.05) is 37.8 Å². The van der Waals surface area contributed by atoms with Gasteiger partial charge in [0.15, 0.2) is 0 Å². The minimum atomic E-state index is -3.79. The lowest BCUT2D eigenvalue weighted by molar-refractivity contribution is 0.0933. The fourth-order valence-electron chi connectivity index (χ4n) is 4.17. The largest absolute Gasteiger partial charge is 0.450 e. The van der Waals surface area contributed by atoms with Gasteiger partial charge in [0.25, 0.3) is 5.91 Å². The first kappa shape index (κ1) is 27.1. The predicted octanol–water partition coefficient (Wildman–Crippen LogP) is 4.16. The topological polar surface area (TPSA) is 127 Å². The van der Waals surface area contributed by atoms with Gasteiger partial charge in [-0.1, -0.05) is 29.0 Å². The Hall–Kier alpha value is -3.52. The molecule has 11 nitrogen and oxygen atoms in total. The summed E-state index contributed by atoms with van der Waals surface area (Å²) in [4.78, 5) is 31.1. The second-order valence-corrected chi connectivity index (χ2v) is 12.1. The van der Waals surface area contributed by atoms with E-state index in [1.807, 2.05) is 12.1 Å². The van der Waals surface area contributed by atoms with Crippen molar-refractivity contribution in [2.75, 3.05) is 38.1 Å². The number of sulfonamides is 1. The van der Waals surface area contributed by atoms with Gasteiger partial charge in [-0.3, -0.25) is 4.79 Å². The Morgan fingerprint density at radius 1 is 1.10 bits per heavy atom. The normalized spacial score (nSPS) is 14.5. The van der Waals surface area contributed by atoms with Gasteiger partial charge in [-0.2, -0.15) is 14.1 Å². The van der Waals surface area contributed by atoms with E-state index in [1.165, 1.54) is 44.8 Å².